The van der Waals surface area contributed by atoms with Crippen LogP contribution in [0.2, 0.25) is 0 Å². The molecule has 2 aromatic carbocycles. The third-order valence-corrected chi connectivity index (χ3v) is 4.83. The predicted octanol–water partition coefficient (Wildman–Crippen LogP) is 4.39. The Morgan fingerprint density at radius 2 is 1.81 bits per heavy atom. The summed E-state index contributed by atoms with van der Waals surface area (Å²) in [6.45, 7) is 4.96. The second-order valence-electron chi connectivity index (χ2n) is 6.03. The van der Waals surface area contributed by atoms with E-state index in [1.807, 2.05) is 61.5 Å². The standard InChI is InChI=1S/C20H22N4OS/c1-3-13-24-19(16-7-5-4-6-8-16)22-23-20(24)26-14-18(25)21-17-11-9-15(2)10-12-17/h4-12H,3,13-14H2,1-2H3,(H,21,25). The summed E-state index contributed by atoms with van der Waals surface area (Å²) < 4.78 is 2.08. The van der Waals surface area contributed by atoms with E-state index < -0.39 is 0 Å². The van der Waals surface area contributed by atoms with E-state index >= 15 is 0 Å². The molecule has 0 bridgehead atoms. The largest absolute Gasteiger partial charge is 0.325 e. The lowest BCUT2D eigenvalue weighted by atomic mass is 10.2. The van der Waals surface area contributed by atoms with Gasteiger partial charge in [-0.2, -0.15) is 0 Å². The number of hydrogen-bond acceptors (Lipinski definition) is 4. The van der Waals surface area contributed by atoms with Crippen molar-refractivity contribution in [3.63, 3.8) is 0 Å². The predicted molar refractivity (Wildman–Crippen MR) is 106 cm³/mol. The van der Waals surface area contributed by atoms with Crippen molar-refractivity contribution in [1.82, 2.24) is 14.8 Å². The van der Waals surface area contributed by atoms with Gasteiger partial charge in [0.25, 0.3) is 0 Å². The lowest BCUT2D eigenvalue weighted by Gasteiger charge is -2.09. The van der Waals surface area contributed by atoms with E-state index in [1.54, 1.807) is 0 Å². The van der Waals surface area contributed by atoms with Gasteiger partial charge in [0.05, 0.1) is 5.75 Å². The summed E-state index contributed by atoms with van der Waals surface area (Å²) in [6.07, 6.45) is 0.973. The molecule has 5 nitrogen and oxygen atoms in total. The van der Waals surface area contributed by atoms with Gasteiger partial charge in [-0.3, -0.25) is 4.79 Å². The van der Waals surface area contributed by atoms with E-state index in [4.69, 9.17) is 0 Å². The number of anilines is 1. The van der Waals surface area contributed by atoms with Crippen LogP contribution in [0, 0.1) is 6.92 Å². The fourth-order valence-electron chi connectivity index (χ4n) is 2.59. The van der Waals surface area contributed by atoms with E-state index in [0.29, 0.717) is 5.75 Å². The summed E-state index contributed by atoms with van der Waals surface area (Å²) in [5, 5.41) is 12.3. The van der Waals surface area contributed by atoms with Crippen molar-refractivity contribution in [1.29, 1.82) is 0 Å². The summed E-state index contributed by atoms with van der Waals surface area (Å²) in [5.41, 5.74) is 3.00. The normalized spacial score (nSPS) is 10.7. The van der Waals surface area contributed by atoms with Crippen molar-refractivity contribution in [3.8, 4) is 11.4 Å². The Morgan fingerprint density at radius 1 is 1.08 bits per heavy atom. The van der Waals surface area contributed by atoms with Crippen LogP contribution in [0.4, 0.5) is 5.69 Å². The van der Waals surface area contributed by atoms with Crippen LogP contribution in [-0.4, -0.2) is 26.4 Å². The van der Waals surface area contributed by atoms with Gasteiger partial charge in [0.15, 0.2) is 11.0 Å². The molecule has 0 unspecified atom stereocenters. The van der Waals surface area contributed by atoms with Gasteiger partial charge in [-0.05, 0) is 25.5 Å². The number of hydrogen-bond donors (Lipinski definition) is 1. The molecule has 0 radical (unpaired) electrons. The van der Waals surface area contributed by atoms with E-state index in [9.17, 15) is 4.79 Å². The minimum Gasteiger partial charge on any atom is -0.325 e. The third-order valence-electron chi connectivity index (χ3n) is 3.86. The van der Waals surface area contributed by atoms with Crippen LogP contribution in [0.5, 0.6) is 0 Å². The molecular formula is C20H22N4OS. The van der Waals surface area contributed by atoms with Crippen molar-refractivity contribution in [2.24, 2.45) is 0 Å². The molecule has 26 heavy (non-hydrogen) atoms. The SMILES string of the molecule is CCCn1c(SCC(=O)Nc2ccc(C)cc2)nnc1-c1ccccc1. The van der Waals surface area contributed by atoms with E-state index in [1.165, 1.54) is 17.3 Å². The highest BCUT2D eigenvalue weighted by Crippen LogP contribution is 2.24. The van der Waals surface area contributed by atoms with Gasteiger partial charge in [0.1, 0.15) is 0 Å². The summed E-state index contributed by atoms with van der Waals surface area (Å²) >= 11 is 1.41. The molecule has 0 aliphatic heterocycles. The number of rotatable bonds is 7. The van der Waals surface area contributed by atoms with Gasteiger partial charge in [-0.15, -0.1) is 10.2 Å². The molecule has 0 atom stereocenters. The second kappa shape index (κ2) is 8.67. The number of thioether (sulfide) groups is 1. The Labute approximate surface area is 157 Å². The molecule has 0 saturated heterocycles. The highest BCUT2D eigenvalue weighted by Gasteiger charge is 2.15. The molecular weight excluding hydrogens is 344 g/mol. The van der Waals surface area contributed by atoms with Crippen molar-refractivity contribution < 1.29 is 4.79 Å². The maximum atomic E-state index is 12.2. The van der Waals surface area contributed by atoms with Crippen LogP contribution in [-0.2, 0) is 11.3 Å². The number of carbonyl (C=O) groups excluding carboxylic acids is 1. The van der Waals surface area contributed by atoms with Gasteiger partial charge in [0, 0.05) is 17.8 Å². The topological polar surface area (TPSA) is 59.8 Å². The quantitative estimate of drug-likeness (QED) is 0.630. The summed E-state index contributed by atoms with van der Waals surface area (Å²) in [5.74, 6) is 1.09. The van der Waals surface area contributed by atoms with Crippen LogP contribution in [0.25, 0.3) is 11.4 Å². The molecule has 6 heteroatoms. The molecule has 0 fully saturated rings. The van der Waals surface area contributed by atoms with Crippen molar-refractivity contribution in [2.45, 2.75) is 32.0 Å². The van der Waals surface area contributed by atoms with Crippen LogP contribution in [0.1, 0.15) is 18.9 Å². The van der Waals surface area contributed by atoms with Gasteiger partial charge in [-0.25, -0.2) is 0 Å². The molecule has 0 saturated carbocycles. The fraction of sp³-hybridized carbons (Fsp3) is 0.250. The molecule has 1 amide bonds. The number of aryl methyl sites for hydroxylation is 1. The average Bonchev–Trinajstić information content (AvgIpc) is 3.06. The van der Waals surface area contributed by atoms with Gasteiger partial charge in [0.2, 0.25) is 5.91 Å². The molecule has 0 aliphatic rings. The first-order chi connectivity index (χ1) is 12.7. The van der Waals surface area contributed by atoms with Crippen LogP contribution < -0.4 is 5.32 Å². The first-order valence-corrected chi connectivity index (χ1v) is 9.64. The lowest BCUT2D eigenvalue weighted by molar-refractivity contribution is -0.113. The van der Waals surface area contributed by atoms with Crippen molar-refractivity contribution in [3.05, 3.63) is 60.2 Å². The second-order valence-corrected chi connectivity index (χ2v) is 6.97. The zero-order valence-electron chi connectivity index (χ0n) is 15.0. The minimum atomic E-state index is -0.0498. The van der Waals surface area contributed by atoms with Crippen molar-refractivity contribution >= 4 is 23.4 Å². The van der Waals surface area contributed by atoms with E-state index in [0.717, 1.165) is 35.2 Å². The van der Waals surface area contributed by atoms with Crippen LogP contribution in [0.3, 0.4) is 0 Å². The highest BCUT2D eigenvalue weighted by atomic mass is 32.2. The molecule has 1 heterocycles. The summed E-state index contributed by atoms with van der Waals surface area (Å²) in [4.78, 5) is 12.2. The maximum Gasteiger partial charge on any atom is 0.234 e. The number of nitrogens with zero attached hydrogens (tertiary/aromatic N) is 3. The Morgan fingerprint density at radius 3 is 2.50 bits per heavy atom. The number of nitrogens with one attached hydrogen (secondary N) is 1. The number of carbonyl (C=O) groups is 1. The molecule has 3 aromatic rings. The Bertz CT molecular complexity index is 859. The van der Waals surface area contributed by atoms with E-state index in [-0.39, 0.29) is 5.91 Å². The maximum absolute atomic E-state index is 12.2. The Kier molecular flexibility index (Phi) is 6.07. The highest BCUT2D eigenvalue weighted by molar-refractivity contribution is 7.99. The lowest BCUT2D eigenvalue weighted by Crippen LogP contribution is -2.14. The molecule has 3 rings (SSSR count). The number of amides is 1. The Hall–Kier alpha value is -2.60. The Balaban J connectivity index is 1.68. The van der Waals surface area contributed by atoms with Gasteiger partial charge in [-0.1, -0.05) is 66.7 Å². The third kappa shape index (κ3) is 4.52. The fourth-order valence-corrected chi connectivity index (χ4v) is 3.35. The monoisotopic (exact) mass is 366 g/mol. The molecule has 1 aromatic heterocycles. The minimum absolute atomic E-state index is 0.0498. The summed E-state index contributed by atoms with van der Waals surface area (Å²) in [7, 11) is 0. The first-order valence-electron chi connectivity index (χ1n) is 8.65. The smallest absolute Gasteiger partial charge is 0.234 e. The molecule has 0 aliphatic carbocycles. The first kappa shape index (κ1) is 18.2. The zero-order chi connectivity index (χ0) is 18.4. The van der Waals surface area contributed by atoms with Gasteiger partial charge < -0.3 is 9.88 Å². The zero-order valence-corrected chi connectivity index (χ0v) is 15.8. The molecule has 134 valence electrons. The number of benzene rings is 2. The van der Waals surface area contributed by atoms with Crippen LogP contribution >= 0.6 is 11.8 Å². The molecule has 1 N–H and O–H groups in total. The van der Waals surface area contributed by atoms with Crippen LogP contribution in [0.15, 0.2) is 59.8 Å². The van der Waals surface area contributed by atoms with Gasteiger partial charge >= 0.3 is 0 Å². The number of aromatic nitrogens is 3. The average molecular weight is 366 g/mol. The molecule has 0 spiro atoms. The van der Waals surface area contributed by atoms with Crippen molar-refractivity contribution in [2.75, 3.05) is 11.1 Å². The van der Waals surface area contributed by atoms with E-state index in [2.05, 4.69) is 27.0 Å². The summed E-state index contributed by atoms with van der Waals surface area (Å²) in [6, 6.07) is 17.8.